The van der Waals surface area contributed by atoms with Gasteiger partial charge in [0.1, 0.15) is 0 Å². The first kappa shape index (κ1) is 19.4. The van der Waals surface area contributed by atoms with E-state index >= 15 is 0 Å². The van der Waals surface area contributed by atoms with Gasteiger partial charge in [-0.2, -0.15) is 5.26 Å². The molecule has 0 saturated heterocycles. The van der Waals surface area contributed by atoms with Crippen molar-refractivity contribution in [3.05, 3.63) is 69.8 Å². The van der Waals surface area contributed by atoms with Crippen LogP contribution in [0.5, 0.6) is 0 Å². The van der Waals surface area contributed by atoms with Crippen molar-refractivity contribution in [1.82, 2.24) is 4.72 Å². The zero-order valence-electron chi connectivity index (χ0n) is 15.1. The lowest BCUT2D eigenvalue weighted by molar-refractivity contribution is -0.114. The number of benzene rings is 2. The first-order chi connectivity index (χ1) is 12.2. The molecule has 26 heavy (non-hydrogen) atoms. The average molecular weight is 368 g/mol. The highest BCUT2D eigenvalue weighted by molar-refractivity contribution is 7.90. The molecule has 2 rings (SSSR count). The highest BCUT2D eigenvalue weighted by Crippen LogP contribution is 2.25. The van der Waals surface area contributed by atoms with Gasteiger partial charge in [0.2, 0.25) is 0 Å². The Morgan fingerprint density at radius 3 is 2.27 bits per heavy atom. The Hall–Kier alpha value is -2.91. The number of rotatable bonds is 4. The number of nitrogens with zero attached hydrogens (tertiary/aromatic N) is 1. The molecule has 0 aliphatic rings. The Labute approximate surface area is 154 Å². The van der Waals surface area contributed by atoms with Gasteiger partial charge >= 0.3 is 0 Å². The molecule has 2 aromatic rings. The molecule has 5 nitrogen and oxygen atoms in total. The third-order valence-corrected chi connectivity index (χ3v) is 5.86. The van der Waals surface area contributed by atoms with Crippen LogP contribution in [-0.2, 0) is 14.8 Å². The van der Waals surface area contributed by atoms with Crippen LogP contribution in [0.4, 0.5) is 0 Å². The van der Waals surface area contributed by atoms with Crippen molar-refractivity contribution in [2.24, 2.45) is 0 Å². The SMILES string of the molecule is Cc1cc(C)c(C)c(S(=O)(=O)NC(=O)C=Cc2cccc(C#N)c2)c1C. The van der Waals surface area contributed by atoms with Crippen molar-refractivity contribution in [2.75, 3.05) is 0 Å². The fourth-order valence-corrected chi connectivity index (χ4v) is 4.25. The number of nitrogens with one attached hydrogen (secondary N) is 1. The average Bonchev–Trinajstić information content (AvgIpc) is 2.58. The van der Waals surface area contributed by atoms with Crippen LogP contribution in [0, 0.1) is 39.0 Å². The van der Waals surface area contributed by atoms with Gasteiger partial charge in [-0.15, -0.1) is 0 Å². The summed E-state index contributed by atoms with van der Waals surface area (Å²) in [5, 5.41) is 8.88. The van der Waals surface area contributed by atoms with Crippen LogP contribution in [0.15, 0.2) is 41.3 Å². The number of hydrogen-bond donors (Lipinski definition) is 1. The second kappa shape index (κ2) is 7.54. The number of hydrogen-bond acceptors (Lipinski definition) is 4. The molecule has 134 valence electrons. The molecule has 0 fully saturated rings. The summed E-state index contributed by atoms with van der Waals surface area (Å²) in [6.07, 6.45) is 2.61. The number of nitriles is 1. The second-order valence-corrected chi connectivity index (χ2v) is 7.75. The van der Waals surface area contributed by atoms with E-state index in [0.29, 0.717) is 22.3 Å². The second-order valence-electron chi connectivity index (χ2n) is 6.13. The van der Waals surface area contributed by atoms with E-state index in [9.17, 15) is 13.2 Å². The Kier molecular flexibility index (Phi) is 5.63. The fraction of sp³-hybridized carbons (Fsp3) is 0.200. The largest absolute Gasteiger partial charge is 0.269 e. The van der Waals surface area contributed by atoms with E-state index in [-0.39, 0.29) is 4.90 Å². The van der Waals surface area contributed by atoms with Gasteiger partial charge in [-0.1, -0.05) is 18.2 Å². The minimum atomic E-state index is -3.99. The van der Waals surface area contributed by atoms with Crippen LogP contribution in [0.3, 0.4) is 0 Å². The fourth-order valence-electron chi connectivity index (χ4n) is 2.69. The number of amides is 1. The van der Waals surface area contributed by atoms with E-state index < -0.39 is 15.9 Å². The Morgan fingerprint density at radius 2 is 1.69 bits per heavy atom. The first-order valence-corrected chi connectivity index (χ1v) is 9.46. The molecular formula is C20H20N2O3S. The predicted molar refractivity (Wildman–Crippen MR) is 101 cm³/mol. The van der Waals surface area contributed by atoms with Crippen LogP contribution in [0.25, 0.3) is 6.08 Å². The van der Waals surface area contributed by atoms with E-state index in [1.54, 1.807) is 38.1 Å². The van der Waals surface area contributed by atoms with Crippen molar-refractivity contribution < 1.29 is 13.2 Å². The van der Waals surface area contributed by atoms with Gasteiger partial charge in [0, 0.05) is 6.08 Å². The summed E-state index contributed by atoms with van der Waals surface area (Å²) >= 11 is 0. The standard InChI is InChI=1S/C20H20N2O3S/c1-13-10-14(2)16(4)20(15(13)3)26(24,25)22-19(23)9-8-17-6-5-7-18(11-17)12-21/h5-11H,1-4H3,(H,22,23). The zero-order valence-corrected chi connectivity index (χ0v) is 15.9. The molecule has 0 bridgehead atoms. The Balaban J connectivity index is 2.29. The van der Waals surface area contributed by atoms with E-state index in [4.69, 9.17) is 5.26 Å². The maximum atomic E-state index is 12.7. The molecule has 0 heterocycles. The normalized spacial score (nSPS) is 11.3. The molecular weight excluding hydrogens is 348 g/mol. The molecule has 2 aromatic carbocycles. The highest BCUT2D eigenvalue weighted by atomic mass is 32.2. The smallest absolute Gasteiger partial charge is 0.264 e. The molecule has 1 N–H and O–H groups in total. The summed E-state index contributed by atoms with van der Waals surface area (Å²) in [4.78, 5) is 12.3. The van der Waals surface area contributed by atoms with Crippen molar-refractivity contribution in [1.29, 1.82) is 5.26 Å². The maximum absolute atomic E-state index is 12.7. The van der Waals surface area contributed by atoms with Crippen molar-refractivity contribution >= 4 is 22.0 Å². The molecule has 1 amide bonds. The van der Waals surface area contributed by atoms with E-state index in [0.717, 1.165) is 17.2 Å². The van der Waals surface area contributed by atoms with E-state index in [2.05, 4.69) is 4.72 Å². The zero-order chi connectivity index (χ0) is 19.5. The van der Waals surface area contributed by atoms with Gasteiger partial charge in [-0.05, 0) is 73.7 Å². The molecule has 0 spiro atoms. The molecule has 0 atom stereocenters. The van der Waals surface area contributed by atoms with Gasteiger partial charge in [-0.3, -0.25) is 4.79 Å². The summed E-state index contributed by atoms with van der Waals surface area (Å²) in [5.41, 5.74) is 4.05. The van der Waals surface area contributed by atoms with Gasteiger partial charge < -0.3 is 0 Å². The third kappa shape index (κ3) is 4.19. The Bertz CT molecular complexity index is 1020. The van der Waals surface area contributed by atoms with Crippen LogP contribution >= 0.6 is 0 Å². The topological polar surface area (TPSA) is 87.0 Å². The summed E-state index contributed by atoms with van der Waals surface area (Å²) in [6, 6.07) is 10.6. The van der Waals surface area contributed by atoms with Crippen LogP contribution in [0.1, 0.15) is 33.4 Å². The van der Waals surface area contributed by atoms with E-state index in [1.807, 2.05) is 26.0 Å². The number of sulfonamides is 1. The lowest BCUT2D eigenvalue weighted by Gasteiger charge is -2.15. The highest BCUT2D eigenvalue weighted by Gasteiger charge is 2.23. The number of aryl methyl sites for hydroxylation is 2. The third-order valence-electron chi connectivity index (χ3n) is 4.24. The van der Waals surface area contributed by atoms with Crippen LogP contribution < -0.4 is 4.72 Å². The maximum Gasteiger partial charge on any atom is 0.264 e. The quantitative estimate of drug-likeness (QED) is 0.839. The van der Waals surface area contributed by atoms with E-state index in [1.165, 1.54) is 6.08 Å². The van der Waals surface area contributed by atoms with Gasteiger partial charge in [0.05, 0.1) is 16.5 Å². The summed E-state index contributed by atoms with van der Waals surface area (Å²) < 4.78 is 27.5. The Morgan fingerprint density at radius 1 is 1.08 bits per heavy atom. The molecule has 0 aliphatic heterocycles. The van der Waals surface area contributed by atoms with Gasteiger partial charge in [-0.25, -0.2) is 13.1 Å². The molecule has 0 unspecified atom stereocenters. The molecule has 0 aliphatic carbocycles. The lowest BCUT2D eigenvalue weighted by atomic mass is 10.0. The van der Waals surface area contributed by atoms with Crippen molar-refractivity contribution in [2.45, 2.75) is 32.6 Å². The van der Waals surface area contributed by atoms with Crippen LogP contribution in [0.2, 0.25) is 0 Å². The summed E-state index contributed by atoms with van der Waals surface area (Å²) in [7, 11) is -3.99. The predicted octanol–water partition coefficient (Wildman–Crippen LogP) is 3.31. The van der Waals surface area contributed by atoms with Crippen molar-refractivity contribution in [3.8, 4) is 6.07 Å². The molecule has 0 aromatic heterocycles. The molecule has 6 heteroatoms. The molecule has 0 radical (unpaired) electrons. The molecule has 0 saturated carbocycles. The van der Waals surface area contributed by atoms with Crippen molar-refractivity contribution in [3.63, 3.8) is 0 Å². The van der Waals surface area contributed by atoms with Gasteiger partial charge in [0.25, 0.3) is 15.9 Å². The monoisotopic (exact) mass is 368 g/mol. The minimum Gasteiger partial charge on any atom is -0.269 e. The number of carbonyl (C=O) groups excluding carboxylic acids is 1. The van der Waals surface area contributed by atoms with Crippen LogP contribution in [-0.4, -0.2) is 14.3 Å². The lowest BCUT2D eigenvalue weighted by Crippen LogP contribution is -2.30. The van der Waals surface area contributed by atoms with Gasteiger partial charge in [0.15, 0.2) is 0 Å². The summed E-state index contributed by atoms with van der Waals surface area (Å²) in [5.74, 6) is -0.745. The first-order valence-electron chi connectivity index (χ1n) is 7.98. The number of carbonyl (C=O) groups is 1. The summed E-state index contributed by atoms with van der Waals surface area (Å²) in [6.45, 7) is 7.13. The minimum absolute atomic E-state index is 0.142.